The van der Waals surface area contributed by atoms with E-state index in [1.807, 2.05) is 0 Å². The second-order valence-corrected chi connectivity index (χ2v) is 19.1. The molecule has 5 aliphatic carbocycles. The summed E-state index contributed by atoms with van der Waals surface area (Å²) in [6.45, 7) is 6.46. The van der Waals surface area contributed by atoms with Gasteiger partial charge < -0.3 is 9.47 Å². The molecule has 0 atom stereocenters. The number of halogens is 2. The van der Waals surface area contributed by atoms with Crippen molar-refractivity contribution in [1.82, 2.24) is 0 Å². The highest BCUT2D eigenvalue weighted by Gasteiger charge is 2.79. The number of alkyl halides is 2. The van der Waals surface area contributed by atoms with Gasteiger partial charge in [0.15, 0.2) is 5.78 Å². The smallest absolute Gasteiger partial charge is 0.151 e. The maximum absolute atomic E-state index is 14.2. The molecule has 0 amide bonds. The maximum Gasteiger partial charge on any atom is 0.151 e. The summed E-state index contributed by atoms with van der Waals surface area (Å²) in [5.41, 5.74) is -0.970. The van der Waals surface area contributed by atoms with E-state index in [0.29, 0.717) is 18.0 Å². The third-order valence-corrected chi connectivity index (χ3v) is 16.3. The molecule has 284 valence electrons. The van der Waals surface area contributed by atoms with Crippen molar-refractivity contribution in [1.29, 1.82) is 0 Å². The van der Waals surface area contributed by atoms with E-state index in [-0.39, 0.29) is 0 Å². The van der Waals surface area contributed by atoms with Crippen molar-refractivity contribution >= 4 is 29.0 Å². The van der Waals surface area contributed by atoms with Crippen molar-refractivity contribution in [2.24, 2.45) is 34.5 Å². The minimum atomic E-state index is -0.879. The van der Waals surface area contributed by atoms with E-state index in [4.69, 9.17) is 32.7 Å². The Labute approximate surface area is 312 Å². The van der Waals surface area contributed by atoms with E-state index in [9.17, 15) is 4.79 Å². The zero-order chi connectivity index (χ0) is 34.6. The number of carbonyl (C=O) groups is 1. The summed E-state index contributed by atoms with van der Waals surface area (Å²) in [6.07, 6.45) is 37.9. The fraction of sp³-hybridized carbons (Fsp3) is 0.977. The molecular formula is C44H76Cl2O3. The molecule has 5 rings (SSSR count). The molecule has 0 N–H and O–H groups in total. The Hall–Kier alpha value is 0.170. The molecule has 0 aliphatic heterocycles. The first-order valence-corrected chi connectivity index (χ1v) is 22.8. The van der Waals surface area contributed by atoms with Crippen molar-refractivity contribution in [3.8, 4) is 0 Å². The van der Waals surface area contributed by atoms with Gasteiger partial charge in [-0.3, -0.25) is 4.79 Å². The normalized spacial score (nSPS) is 36.3. The van der Waals surface area contributed by atoms with E-state index in [2.05, 4.69) is 13.8 Å². The molecule has 0 radical (unpaired) electrons. The molecule has 5 heteroatoms. The summed E-state index contributed by atoms with van der Waals surface area (Å²) in [7, 11) is 0. The van der Waals surface area contributed by atoms with Gasteiger partial charge in [0.25, 0.3) is 0 Å². The molecule has 2 spiro atoms. The quantitative estimate of drug-likeness (QED) is 0.0927. The number of ketones is 1. The molecule has 0 bridgehead atoms. The fourth-order valence-corrected chi connectivity index (χ4v) is 12.6. The fourth-order valence-electron chi connectivity index (χ4n) is 11.5. The number of hydrogen-bond acceptors (Lipinski definition) is 3. The molecule has 49 heavy (non-hydrogen) atoms. The first-order valence-electron chi connectivity index (χ1n) is 22.0. The van der Waals surface area contributed by atoms with Crippen molar-refractivity contribution in [3.63, 3.8) is 0 Å². The van der Waals surface area contributed by atoms with Crippen LogP contribution in [0.1, 0.15) is 206 Å². The molecule has 0 unspecified atom stereocenters. The topological polar surface area (TPSA) is 35.5 Å². The highest BCUT2D eigenvalue weighted by molar-refractivity contribution is 6.55. The first-order chi connectivity index (χ1) is 23.9. The maximum atomic E-state index is 14.2. The predicted octanol–water partition coefficient (Wildman–Crippen LogP) is 13.7. The summed E-state index contributed by atoms with van der Waals surface area (Å²) >= 11 is 14.8. The highest BCUT2D eigenvalue weighted by atomic mass is 35.5. The van der Waals surface area contributed by atoms with E-state index in [1.165, 1.54) is 141 Å². The molecule has 5 saturated carbocycles. The zero-order valence-corrected chi connectivity index (χ0v) is 33.6. The molecule has 0 aromatic rings. The first kappa shape index (κ1) is 40.4. The lowest BCUT2D eigenvalue weighted by Crippen LogP contribution is -2.74. The van der Waals surface area contributed by atoms with Crippen LogP contribution in [0.15, 0.2) is 0 Å². The number of hydrogen-bond donors (Lipinski definition) is 0. The Balaban J connectivity index is 0.956. The third-order valence-electron chi connectivity index (χ3n) is 14.8. The lowest BCUT2D eigenvalue weighted by molar-refractivity contribution is -0.173. The minimum Gasteiger partial charge on any atom is -0.378 e. The van der Waals surface area contributed by atoms with Gasteiger partial charge >= 0.3 is 0 Å². The molecule has 0 aromatic heterocycles. The Kier molecular flexibility index (Phi) is 16.5. The lowest BCUT2D eigenvalue weighted by Gasteiger charge is -2.67. The zero-order valence-electron chi connectivity index (χ0n) is 32.1. The molecule has 0 saturated heterocycles. The third kappa shape index (κ3) is 9.84. The van der Waals surface area contributed by atoms with Crippen LogP contribution in [0.25, 0.3) is 0 Å². The standard InChI is InChI=1S/C44H76Cl2O3/c1-3-5-7-9-11-13-15-33-48-39-21-17-35(18-22-39)37-25-29-42(30-26-37)41(47)43(44(42,45)46)31-27-38(28-32-43)36-19-23-40(24-20-36)49-34-16-14-12-10-8-6-4-2/h35-40H,3-34H2,1-2H3. The van der Waals surface area contributed by atoms with Gasteiger partial charge in [-0.2, -0.15) is 0 Å². The van der Waals surface area contributed by atoms with Crippen LogP contribution in [0.5, 0.6) is 0 Å². The van der Waals surface area contributed by atoms with Gasteiger partial charge in [-0.1, -0.05) is 114 Å². The number of carbonyl (C=O) groups excluding carboxylic acids is 1. The Morgan fingerprint density at radius 2 is 0.776 bits per heavy atom. The van der Waals surface area contributed by atoms with Crippen molar-refractivity contribution in [2.75, 3.05) is 13.2 Å². The van der Waals surface area contributed by atoms with E-state index >= 15 is 0 Å². The number of Topliss-reactive ketones (excluding diaryl/α,β-unsaturated/α-hetero) is 1. The van der Waals surface area contributed by atoms with Crippen molar-refractivity contribution < 1.29 is 14.3 Å². The van der Waals surface area contributed by atoms with E-state index in [0.717, 1.165) is 88.3 Å². The van der Waals surface area contributed by atoms with Crippen LogP contribution in [0.4, 0.5) is 0 Å². The summed E-state index contributed by atoms with van der Waals surface area (Å²) in [4.78, 5) is 14.2. The van der Waals surface area contributed by atoms with Gasteiger partial charge in [-0.25, -0.2) is 0 Å². The van der Waals surface area contributed by atoms with E-state index in [1.54, 1.807) is 0 Å². The van der Waals surface area contributed by atoms with Crippen LogP contribution in [-0.2, 0) is 14.3 Å². The summed E-state index contributed by atoms with van der Waals surface area (Å²) in [6, 6.07) is 0. The van der Waals surface area contributed by atoms with Crippen molar-refractivity contribution in [2.45, 2.75) is 223 Å². The van der Waals surface area contributed by atoms with Crippen LogP contribution < -0.4 is 0 Å². The van der Waals surface area contributed by atoms with Gasteiger partial charge in [-0.05, 0) is 139 Å². The van der Waals surface area contributed by atoms with Gasteiger partial charge in [0.05, 0.1) is 23.0 Å². The minimum absolute atomic E-state index is 0.451. The Morgan fingerprint density at radius 1 is 0.469 bits per heavy atom. The summed E-state index contributed by atoms with van der Waals surface area (Å²) in [5, 5.41) is 0. The Morgan fingerprint density at radius 3 is 1.10 bits per heavy atom. The molecular weight excluding hydrogens is 647 g/mol. The van der Waals surface area contributed by atoms with Crippen LogP contribution in [0.2, 0.25) is 0 Å². The molecule has 0 heterocycles. The highest BCUT2D eigenvalue weighted by Crippen LogP contribution is 2.75. The van der Waals surface area contributed by atoms with Gasteiger partial charge in [0, 0.05) is 13.2 Å². The van der Waals surface area contributed by atoms with Crippen LogP contribution in [0.3, 0.4) is 0 Å². The lowest BCUT2D eigenvalue weighted by atomic mass is 9.41. The number of ether oxygens (including phenoxy) is 2. The number of rotatable bonds is 20. The number of unbranched alkanes of at least 4 members (excludes halogenated alkanes) is 12. The van der Waals surface area contributed by atoms with Crippen LogP contribution >= 0.6 is 23.2 Å². The molecule has 5 fully saturated rings. The molecule has 3 nitrogen and oxygen atoms in total. The SMILES string of the molecule is CCCCCCCCCOC1CCC(C2CCC3(CC2)C(=O)C2(CCC(C4CCC(OCCCCCCCCC)CC4)CC2)C3(Cl)Cl)CC1. The van der Waals surface area contributed by atoms with Crippen LogP contribution in [0, 0.1) is 34.5 Å². The Bertz CT molecular complexity index is 862. The van der Waals surface area contributed by atoms with Gasteiger partial charge in [-0.15, -0.1) is 0 Å². The predicted molar refractivity (Wildman–Crippen MR) is 208 cm³/mol. The largest absolute Gasteiger partial charge is 0.378 e. The second kappa shape index (κ2) is 20.0. The van der Waals surface area contributed by atoms with E-state index < -0.39 is 15.2 Å². The average Bonchev–Trinajstić information content (AvgIpc) is 3.14. The molecule has 0 aromatic carbocycles. The molecule has 5 aliphatic rings. The average molecular weight is 724 g/mol. The van der Waals surface area contributed by atoms with Crippen molar-refractivity contribution in [3.05, 3.63) is 0 Å². The monoisotopic (exact) mass is 723 g/mol. The summed E-state index contributed by atoms with van der Waals surface area (Å²) in [5.74, 6) is 3.49. The summed E-state index contributed by atoms with van der Waals surface area (Å²) < 4.78 is 11.7. The van der Waals surface area contributed by atoms with Gasteiger partial charge in [0.2, 0.25) is 0 Å². The second-order valence-electron chi connectivity index (χ2n) is 17.8. The van der Waals surface area contributed by atoms with Gasteiger partial charge in [0.1, 0.15) is 4.33 Å². The van der Waals surface area contributed by atoms with Crippen LogP contribution in [-0.4, -0.2) is 35.5 Å².